The minimum atomic E-state index is 0.175. The van der Waals surface area contributed by atoms with Crippen LogP contribution in [0.2, 0.25) is 0 Å². The molecule has 2 fully saturated rings. The van der Waals surface area contributed by atoms with Gasteiger partial charge in [0.25, 0.3) is 0 Å². The van der Waals surface area contributed by atoms with Crippen LogP contribution in [0.4, 0.5) is 0 Å². The van der Waals surface area contributed by atoms with Crippen molar-refractivity contribution in [2.45, 2.75) is 64.4 Å². The maximum Gasteiger partial charge on any atom is 0.155 e. The Hall–Kier alpha value is -0.630. The minimum absolute atomic E-state index is 0.175. The molecule has 0 bridgehead atoms. The van der Waals surface area contributed by atoms with Gasteiger partial charge in [-0.3, -0.25) is 4.79 Å². The minimum Gasteiger partial charge on any atom is -0.374 e. The van der Waals surface area contributed by atoms with Crippen LogP contribution >= 0.6 is 0 Å². The number of ether oxygens (including phenoxy) is 1. The average Bonchev–Trinajstić information content (AvgIpc) is 3.05. The van der Waals surface area contributed by atoms with E-state index in [0.717, 1.165) is 19.4 Å². The summed E-state index contributed by atoms with van der Waals surface area (Å²) in [5.74, 6) is 0.235. The van der Waals surface area contributed by atoms with Crippen molar-refractivity contribution in [3.63, 3.8) is 0 Å². The molecule has 2 heteroatoms. The van der Waals surface area contributed by atoms with E-state index in [9.17, 15) is 4.79 Å². The van der Waals surface area contributed by atoms with Crippen LogP contribution in [0.15, 0.2) is 12.2 Å². The highest BCUT2D eigenvalue weighted by molar-refractivity contribution is 5.89. The third-order valence-electron chi connectivity index (χ3n) is 4.09. The van der Waals surface area contributed by atoms with Gasteiger partial charge in [0.05, 0.1) is 6.10 Å². The summed E-state index contributed by atoms with van der Waals surface area (Å²) in [5, 5.41) is 0. The Morgan fingerprint density at radius 2 is 2.18 bits per heavy atom. The predicted molar refractivity (Wildman–Crippen MR) is 68.9 cm³/mol. The second-order valence-electron chi connectivity index (χ2n) is 5.63. The van der Waals surface area contributed by atoms with Crippen molar-refractivity contribution < 1.29 is 9.53 Å². The number of hydrogen-bond donors (Lipinski definition) is 0. The summed E-state index contributed by atoms with van der Waals surface area (Å²) in [4.78, 5) is 11.4. The number of carbonyl (C=O) groups excluding carboxylic acids is 1. The van der Waals surface area contributed by atoms with E-state index in [1.54, 1.807) is 6.08 Å². The van der Waals surface area contributed by atoms with Crippen LogP contribution in [-0.4, -0.2) is 18.5 Å². The Labute approximate surface area is 104 Å². The van der Waals surface area contributed by atoms with Crippen LogP contribution in [0.25, 0.3) is 0 Å². The Morgan fingerprint density at radius 1 is 1.35 bits per heavy atom. The van der Waals surface area contributed by atoms with E-state index in [1.165, 1.54) is 32.1 Å². The summed E-state index contributed by atoms with van der Waals surface area (Å²) in [6.07, 6.45) is 13.2. The van der Waals surface area contributed by atoms with Crippen LogP contribution < -0.4 is 0 Å². The molecule has 1 unspecified atom stereocenters. The topological polar surface area (TPSA) is 26.3 Å². The molecule has 1 saturated carbocycles. The van der Waals surface area contributed by atoms with Crippen LogP contribution in [-0.2, 0) is 9.53 Å². The summed E-state index contributed by atoms with van der Waals surface area (Å²) in [5.41, 5.74) is 0.670. The first-order chi connectivity index (χ1) is 8.24. The fraction of sp³-hybridized carbons (Fsp3) is 0.800. The molecule has 1 spiro atoms. The van der Waals surface area contributed by atoms with Crippen LogP contribution in [0.1, 0.15) is 58.3 Å². The van der Waals surface area contributed by atoms with Gasteiger partial charge in [-0.15, -0.1) is 0 Å². The number of allylic oxidation sites excluding steroid dienone is 1. The lowest BCUT2D eigenvalue weighted by Crippen LogP contribution is -2.18. The van der Waals surface area contributed by atoms with E-state index in [0.29, 0.717) is 11.8 Å². The highest BCUT2D eigenvalue weighted by atomic mass is 16.5. The SMILES string of the molecule is CCCC(=O)/C=C/C1CCC2(CCCO1)CC2. The highest BCUT2D eigenvalue weighted by Gasteiger charge is 2.42. The largest absolute Gasteiger partial charge is 0.374 e. The molecule has 0 N–H and O–H groups in total. The molecular formula is C15H24O2. The van der Waals surface area contributed by atoms with E-state index in [2.05, 4.69) is 0 Å². The van der Waals surface area contributed by atoms with Crippen molar-refractivity contribution in [3.8, 4) is 0 Å². The molecule has 2 aliphatic rings. The number of rotatable bonds is 4. The number of hydrogen-bond acceptors (Lipinski definition) is 2. The quantitative estimate of drug-likeness (QED) is 0.696. The Morgan fingerprint density at radius 3 is 2.88 bits per heavy atom. The summed E-state index contributed by atoms with van der Waals surface area (Å²) >= 11 is 0. The predicted octanol–water partition coefficient (Wildman–Crippen LogP) is 3.65. The van der Waals surface area contributed by atoms with Gasteiger partial charge in [0.15, 0.2) is 5.78 Å². The fourth-order valence-corrected chi connectivity index (χ4v) is 2.71. The van der Waals surface area contributed by atoms with Crippen LogP contribution in [0.5, 0.6) is 0 Å². The summed E-state index contributed by atoms with van der Waals surface area (Å²) in [6, 6.07) is 0. The van der Waals surface area contributed by atoms with Crippen molar-refractivity contribution in [3.05, 3.63) is 12.2 Å². The van der Waals surface area contributed by atoms with Crippen LogP contribution in [0, 0.1) is 5.41 Å². The van der Waals surface area contributed by atoms with Crippen molar-refractivity contribution in [2.75, 3.05) is 6.61 Å². The highest BCUT2D eigenvalue weighted by Crippen LogP contribution is 2.54. The molecule has 0 radical (unpaired) electrons. The second-order valence-corrected chi connectivity index (χ2v) is 5.63. The third-order valence-corrected chi connectivity index (χ3v) is 4.09. The first kappa shape index (κ1) is 12.8. The van der Waals surface area contributed by atoms with Gasteiger partial charge in [-0.05, 0) is 56.4 Å². The van der Waals surface area contributed by atoms with Crippen molar-refractivity contribution in [2.24, 2.45) is 5.41 Å². The van der Waals surface area contributed by atoms with Crippen molar-refractivity contribution >= 4 is 5.78 Å². The van der Waals surface area contributed by atoms with Crippen molar-refractivity contribution in [1.29, 1.82) is 0 Å². The summed E-state index contributed by atoms with van der Waals surface area (Å²) in [7, 11) is 0. The Balaban J connectivity index is 1.80. The molecule has 0 aromatic carbocycles. The molecule has 2 nitrogen and oxygen atoms in total. The maximum absolute atomic E-state index is 11.4. The third kappa shape index (κ3) is 3.95. The summed E-state index contributed by atoms with van der Waals surface area (Å²) in [6.45, 7) is 2.90. The van der Waals surface area contributed by atoms with Gasteiger partial charge in [-0.1, -0.05) is 13.0 Å². The molecule has 0 aromatic heterocycles. The molecule has 0 amide bonds. The second kappa shape index (κ2) is 5.81. The van der Waals surface area contributed by atoms with E-state index < -0.39 is 0 Å². The van der Waals surface area contributed by atoms with Crippen LogP contribution in [0.3, 0.4) is 0 Å². The standard InChI is InChI=1S/C15H24O2/c1-2-4-13(16)5-6-14-7-9-15(10-11-15)8-3-12-17-14/h5-6,14H,2-4,7-12H2,1H3/b6-5+. The molecule has 1 aliphatic heterocycles. The average molecular weight is 236 g/mol. The first-order valence-corrected chi connectivity index (χ1v) is 7.07. The fourth-order valence-electron chi connectivity index (χ4n) is 2.71. The van der Waals surface area contributed by atoms with E-state index in [-0.39, 0.29) is 11.9 Å². The van der Waals surface area contributed by atoms with Gasteiger partial charge in [-0.25, -0.2) is 0 Å². The lowest BCUT2D eigenvalue weighted by Gasteiger charge is -2.23. The smallest absolute Gasteiger partial charge is 0.155 e. The molecule has 1 heterocycles. The summed E-state index contributed by atoms with van der Waals surface area (Å²) < 4.78 is 5.79. The molecule has 1 aliphatic carbocycles. The zero-order valence-corrected chi connectivity index (χ0v) is 10.9. The van der Waals surface area contributed by atoms with E-state index in [4.69, 9.17) is 4.74 Å². The van der Waals surface area contributed by atoms with E-state index >= 15 is 0 Å². The van der Waals surface area contributed by atoms with Crippen molar-refractivity contribution in [1.82, 2.24) is 0 Å². The molecule has 96 valence electrons. The number of ketones is 1. The maximum atomic E-state index is 11.4. The Bertz CT molecular complexity index is 289. The monoisotopic (exact) mass is 236 g/mol. The van der Waals surface area contributed by atoms with Gasteiger partial charge in [0, 0.05) is 13.0 Å². The molecule has 17 heavy (non-hydrogen) atoms. The zero-order chi connectivity index (χ0) is 12.1. The lowest BCUT2D eigenvalue weighted by molar-refractivity contribution is -0.114. The lowest BCUT2D eigenvalue weighted by atomic mass is 9.91. The van der Waals surface area contributed by atoms with Gasteiger partial charge in [0.2, 0.25) is 0 Å². The van der Waals surface area contributed by atoms with Gasteiger partial charge >= 0.3 is 0 Å². The zero-order valence-electron chi connectivity index (χ0n) is 10.9. The number of carbonyl (C=O) groups is 1. The first-order valence-electron chi connectivity index (χ1n) is 7.07. The van der Waals surface area contributed by atoms with Gasteiger partial charge < -0.3 is 4.74 Å². The normalized spacial score (nSPS) is 27.9. The molecule has 2 rings (SSSR count). The molecule has 0 aromatic rings. The van der Waals surface area contributed by atoms with Gasteiger partial charge in [-0.2, -0.15) is 0 Å². The molecule has 1 saturated heterocycles. The van der Waals surface area contributed by atoms with E-state index in [1.807, 2.05) is 13.0 Å². The van der Waals surface area contributed by atoms with Gasteiger partial charge in [0.1, 0.15) is 0 Å². The molecular weight excluding hydrogens is 212 g/mol. The Kier molecular flexibility index (Phi) is 4.38. The molecule has 1 atom stereocenters.